The van der Waals surface area contributed by atoms with Gasteiger partial charge in [-0.2, -0.15) is 0 Å². The Labute approximate surface area is 181 Å². The minimum Gasteiger partial charge on any atom is -0.0622 e. The molecule has 0 bridgehead atoms. The molecule has 0 aliphatic rings. The van der Waals surface area contributed by atoms with Crippen LogP contribution in [0.15, 0.2) is 121 Å². The first-order valence-corrected chi connectivity index (χ1v) is 12.7. The molecule has 0 unspecified atom stereocenters. The topological polar surface area (TPSA) is 0 Å². The van der Waals surface area contributed by atoms with E-state index in [9.17, 15) is 0 Å². The smallest absolute Gasteiger partial charge is 0.0622 e. The van der Waals surface area contributed by atoms with E-state index in [1.807, 2.05) is 0 Å². The summed E-state index contributed by atoms with van der Waals surface area (Å²) in [4.78, 5) is 0. The highest BCUT2D eigenvalue weighted by Crippen LogP contribution is 2.59. The first-order valence-electron chi connectivity index (χ1n) is 10.5. The number of rotatable bonds is 7. The molecule has 1 heteroatoms. The Morgan fingerprint density at radius 1 is 0.633 bits per heavy atom. The number of aryl methyl sites for hydroxylation is 1. The predicted octanol–water partition coefficient (Wildman–Crippen LogP) is 6.88. The summed E-state index contributed by atoms with van der Waals surface area (Å²) in [5.74, 6) is 0. The third kappa shape index (κ3) is 4.78. The maximum atomic E-state index is 2.39. The molecule has 148 valence electrons. The minimum atomic E-state index is -1.67. The average molecular weight is 408 g/mol. The Morgan fingerprint density at radius 3 is 1.77 bits per heavy atom. The van der Waals surface area contributed by atoms with Gasteiger partial charge in [-0.3, -0.25) is 0 Å². The van der Waals surface area contributed by atoms with E-state index in [-0.39, 0.29) is 0 Å². The molecule has 0 heterocycles. The van der Waals surface area contributed by atoms with Crippen molar-refractivity contribution in [2.45, 2.75) is 13.1 Å². The van der Waals surface area contributed by atoms with E-state index in [0.717, 1.165) is 12.3 Å². The molecule has 0 aromatic heterocycles. The highest BCUT2D eigenvalue weighted by Gasteiger charge is 2.41. The summed E-state index contributed by atoms with van der Waals surface area (Å²) in [7, 11) is -1.67. The second kappa shape index (κ2) is 9.70. The molecule has 0 saturated carbocycles. The van der Waals surface area contributed by atoms with Crippen molar-refractivity contribution < 1.29 is 0 Å². The van der Waals surface area contributed by atoms with Gasteiger partial charge in [0.2, 0.25) is 0 Å². The zero-order valence-corrected chi connectivity index (χ0v) is 18.4. The van der Waals surface area contributed by atoms with Crippen molar-refractivity contribution in [1.82, 2.24) is 0 Å². The normalized spacial score (nSPS) is 11.6. The lowest BCUT2D eigenvalue weighted by atomic mass is 10.2. The van der Waals surface area contributed by atoms with Crippen molar-refractivity contribution in [3.05, 3.63) is 138 Å². The van der Waals surface area contributed by atoms with Gasteiger partial charge in [0.05, 0.1) is 30.2 Å². The molecule has 4 aromatic carbocycles. The molecule has 0 aliphatic carbocycles. The van der Waals surface area contributed by atoms with Gasteiger partial charge in [0.25, 0.3) is 0 Å². The molecule has 0 N–H and O–H groups in total. The molecule has 4 aromatic rings. The highest BCUT2D eigenvalue weighted by atomic mass is 31.2. The van der Waals surface area contributed by atoms with Crippen molar-refractivity contribution in [1.29, 1.82) is 0 Å². The van der Waals surface area contributed by atoms with E-state index in [1.165, 1.54) is 27.3 Å². The second-order valence-corrected chi connectivity index (χ2v) is 11.4. The van der Waals surface area contributed by atoms with Crippen LogP contribution in [0.25, 0.3) is 6.08 Å². The largest absolute Gasteiger partial charge is 0.0998 e. The number of hydrogen-bond donors (Lipinski definition) is 0. The lowest BCUT2D eigenvalue weighted by molar-refractivity contribution is 1.33. The van der Waals surface area contributed by atoms with Crippen LogP contribution in [0, 0.1) is 6.92 Å². The fourth-order valence-corrected chi connectivity index (χ4v) is 8.07. The van der Waals surface area contributed by atoms with Crippen LogP contribution >= 0.6 is 7.26 Å². The van der Waals surface area contributed by atoms with E-state index in [0.29, 0.717) is 0 Å². The summed E-state index contributed by atoms with van der Waals surface area (Å²) in [5.41, 5.74) is 4.00. The average Bonchev–Trinajstić information content (AvgIpc) is 2.80. The van der Waals surface area contributed by atoms with E-state index < -0.39 is 7.26 Å². The molecule has 0 spiro atoms. The predicted molar refractivity (Wildman–Crippen MR) is 134 cm³/mol. The Hall–Kier alpha value is -2.95. The fraction of sp³-hybridized carbons (Fsp3) is 0.103. The third-order valence-corrected chi connectivity index (χ3v) is 9.88. The lowest BCUT2D eigenvalue weighted by Gasteiger charge is -2.27. The van der Waals surface area contributed by atoms with Crippen molar-refractivity contribution in [2.24, 2.45) is 0 Å². The van der Waals surface area contributed by atoms with Gasteiger partial charge in [0.15, 0.2) is 0 Å². The molecule has 0 atom stereocenters. The van der Waals surface area contributed by atoms with Crippen LogP contribution in [0.5, 0.6) is 0 Å². The quantitative estimate of drug-likeness (QED) is 0.293. The first kappa shape index (κ1) is 20.3. The zero-order chi connectivity index (χ0) is 20.7. The Kier molecular flexibility index (Phi) is 6.57. The lowest BCUT2D eigenvalue weighted by Crippen LogP contribution is -2.26. The number of hydrogen-bond acceptors (Lipinski definition) is 0. The van der Waals surface area contributed by atoms with Crippen LogP contribution in [0.1, 0.15) is 16.7 Å². The summed E-state index contributed by atoms with van der Waals surface area (Å²) in [5, 5.41) is 2.94. The Balaban J connectivity index is 1.81. The van der Waals surface area contributed by atoms with Crippen LogP contribution in [0.4, 0.5) is 0 Å². The van der Waals surface area contributed by atoms with E-state index in [1.54, 1.807) is 0 Å². The second-order valence-electron chi connectivity index (χ2n) is 7.78. The van der Waals surface area contributed by atoms with Gasteiger partial charge in [-0.25, -0.2) is 0 Å². The number of benzene rings is 4. The van der Waals surface area contributed by atoms with Crippen LogP contribution in [-0.2, 0) is 6.16 Å². The van der Waals surface area contributed by atoms with Crippen LogP contribution in [0.3, 0.4) is 0 Å². The summed E-state index contributed by atoms with van der Waals surface area (Å²) in [6.07, 6.45) is 6.78. The molecule has 30 heavy (non-hydrogen) atoms. The van der Waals surface area contributed by atoms with E-state index in [2.05, 4.69) is 134 Å². The zero-order valence-electron chi connectivity index (χ0n) is 17.5. The highest BCUT2D eigenvalue weighted by molar-refractivity contribution is 7.89. The van der Waals surface area contributed by atoms with Crippen LogP contribution < -0.4 is 10.6 Å². The van der Waals surface area contributed by atoms with Gasteiger partial charge < -0.3 is 0 Å². The van der Waals surface area contributed by atoms with Crippen LogP contribution in [0.2, 0.25) is 0 Å². The molecule has 0 radical (unpaired) electrons. The minimum absolute atomic E-state index is 1.05. The van der Waals surface area contributed by atoms with Gasteiger partial charge in [0, 0.05) is 0 Å². The molecule has 0 saturated heterocycles. The summed E-state index contributed by atoms with van der Waals surface area (Å²) in [6.45, 7) is 2.18. The molecule has 0 amide bonds. The first-order chi connectivity index (χ1) is 14.8. The molecule has 0 nitrogen and oxygen atoms in total. The van der Waals surface area contributed by atoms with E-state index >= 15 is 0 Å². The van der Waals surface area contributed by atoms with Gasteiger partial charge >= 0.3 is 0 Å². The molecular formula is C29H28P+. The summed E-state index contributed by atoms with van der Waals surface area (Å²) in [6, 6.07) is 41.9. The molecule has 4 rings (SSSR count). The maximum absolute atomic E-state index is 2.39. The van der Waals surface area contributed by atoms with E-state index in [4.69, 9.17) is 0 Å². The van der Waals surface area contributed by atoms with Gasteiger partial charge in [-0.1, -0.05) is 103 Å². The maximum Gasteiger partial charge on any atom is 0.0998 e. The Morgan fingerprint density at radius 2 is 1.20 bits per heavy atom. The van der Waals surface area contributed by atoms with Crippen molar-refractivity contribution in [3.63, 3.8) is 0 Å². The van der Waals surface area contributed by atoms with Gasteiger partial charge in [0.1, 0.15) is 0 Å². The van der Waals surface area contributed by atoms with Crippen molar-refractivity contribution >= 4 is 23.9 Å². The monoisotopic (exact) mass is 407 g/mol. The summed E-state index contributed by atoms with van der Waals surface area (Å²) < 4.78 is 0. The molecular weight excluding hydrogens is 379 g/mol. The SMILES string of the molecule is Cc1cccc(C[P+](C/C=C\c2ccccc2)(c2ccccc2)c2ccccc2)c1. The van der Waals surface area contributed by atoms with Gasteiger partial charge in [-0.15, -0.1) is 0 Å². The third-order valence-electron chi connectivity index (χ3n) is 5.56. The fourth-order valence-electron chi connectivity index (χ4n) is 4.09. The molecule has 0 aliphatic heterocycles. The Bertz CT molecular complexity index is 1040. The summed E-state index contributed by atoms with van der Waals surface area (Å²) >= 11 is 0. The standard InChI is InChI=1S/C29H28P/c1-25-13-11-16-27(23-25)24-30(28-18-7-3-8-19-28,29-20-9-4-10-21-29)22-12-17-26-14-5-2-6-15-26/h2-21,23H,22,24H2,1H3/q+1/b17-12-. The van der Waals surface area contributed by atoms with Crippen LogP contribution in [-0.4, -0.2) is 6.16 Å². The molecule has 0 fully saturated rings. The van der Waals surface area contributed by atoms with Crippen molar-refractivity contribution in [3.8, 4) is 0 Å². The van der Waals surface area contributed by atoms with Crippen molar-refractivity contribution in [2.75, 3.05) is 6.16 Å². The van der Waals surface area contributed by atoms with Gasteiger partial charge in [-0.05, 0) is 48.4 Å². The number of allylic oxidation sites excluding steroid dienone is 1.